The monoisotopic (exact) mass is 242 g/mol. The van der Waals surface area contributed by atoms with E-state index >= 15 is 0 Å². The molecule has 0 aliphatic rings. The highest BCUT2D eigenvalue weighted by Gasteiger charge is 2.24. The zero-order valence-corrected chi connectivity index (χ0v) is 10.8. The molecule has 5 nitrogen and oxygen atoms in total. The van der Waals surface area contributed by atoms with Crippen molar-refractivity contribution in [3.63, 3.8) is 0 Å². The summed E-state index contributed by atoms with van der Waals surface area (Å²) in [6.45, 7) is 1.67. The second-order valence-electron chi connectivity index (χ2n) is 3.39. The molecular weight excluding hydrogens is 224 g/mol. The first-order valence-electron chi connectivity index (χ1n) is 5.12. The molecule has 0 aliphatic carbocycles. The van der Waals surface area contributed by atoms with Crippen LogP contribution in [0.25, 0.3) is 0 Å². The van der Waals surface area contributed by atoms with Crippen molar-refractivity contribution in [1.29, 1.82) is 0 Å². The van der Waals surface area contributed by atoms with E-state index in [1.807, 2.05) is 6.92 Å². The second kappa shape index (κ2) is 5.63. The van der Waals surface area contributed by atoms with E-state index in [1.54, 1.807) is 0 Å². The predicted molar refractivity (Wildman–Crippen MR) is 63.3 cm³/mol. The summed E-state index contributed by atoms with van der Waals surface area (Å²) in [5, 5.41) is 9.40. The van der Waals surface area contributed by atoms with Crippen LogP contribution in [0, 0.1) is 6.92 Å². The Labute approximate surface area is 101 Å². The van der Waals surface area contributed by atoms with Crippen LogP contribution in [0.1, 0.15) is 11.1 Å². The van der Waals surface area contributed by atoms with Crippen LogP contribution in [-0.4, -0.2) is 33.5 Å². The number of methoxy groups -OCH3 is 4. The highest BCUT2D eigenvalue weighted by Crippen LogP contribution is 2.49. The molecule has 0 unspecified atom stereocenters. The van der Waals surface area contributed by atoms with E-state index < -0.39 is 0 Å². The SMILES string of the molecule is COc1c(C)c(CO)c(OC)c(OC)c1OC. The quantitative estimate of drug-likeness (QED) is 0.848. The van der Waals surface area contributed by atoms with Gasteiger partial charge < -0.3 is 24.1 Å². The predicted octanol–water partition coefficient (Wildman–Crippen LogP) is 1.52. The van der Waals surface area contributed by atoms with Gasteiger partial charge in [-0.3, -0.25) is 0 Å². The lowest BCUT2D eigenvalue weighted by Crippen LogP contribution is -2.04. The molecule has 1 N–H and O–H groups in total. The Balaban J connectivity index is 3.66. The van der Waals surface area contributed by atoms with E-state index in [9.17, 15) is 5.11 Å². The smallest absolute Gasteiger partial charge is 0.207 e. The average molecular weight is 242 g/mol. The molecule has 0 heterocycles. The summed E-state index contributed by atoms with van der Waals surface area (Å²) in [5.74, 6) is 1.88. The maximum absolute atomic E-state index is 9.40. The van der Waals surface area contributed by atoms with Crippen molar-refractivity contribution >= 4 is 0 Å². The van der Waals surface area contributed by atoms with E-state index in [0.717, 1.165) is 5.56 Å². The summed E-state index contributed by atoms with van der Waals surface area (Å²) in [4.78, 5) is 0. The fourth-order valence-electron chi connectivity index (χ4n) is 1.84. The topological polar surface area (TPSA) is 57.2 Å². The van der Waals surface area contributed by atoms with Crippen molar-refractivity contribution in [3.8, 4) is 23.0 Å². The average Bonchev–Trinajstić information content (AvgIpc) is 2.36. The molecule has 5 heteroatoms. The van der Waals surface area contributed by atoms with E-state index in [2.05, 4.69) is 0 Å². The molecule has 0 atom stereocenters. The first-order chi connectivity index (χ1) is 8.15. The van der Waals surface area contributed by atoms with Crippen LogP contribution in [0.15, 0.2) is 0 Å². The van der Waals surface area contributed by atoms with Gasteiger partial charge in [0.05, 0.1) is 35.0 Å². The number of hydrogen-bond acceptors (Lipinski definition) is 5. The number of hydrogen-bond donors (Lipinski definition) is 1. The van der Waals surface area contributed by atoms with Gasteiger partial charge in [0.2, 0.25) is 11.5 Å². The van der Waals surface area contributed by atoms with Gasteiger partial charge >= 0.3 is 0 Å². The van der Waals surface area contributed by atoms with E-state index in [-0.39, 0.29) is 6.61 Å². The summed E-state index contributed by atoms with van der Waals surface area (Å²) in [6.07, 6.45) is 0. The van der Waals surface area contributed by atoms with E-state index in [4.69, 9.17) is 18.9 Å². The minimum absolute atomic E-state index is 0.161. The zero-order chi connectivity index (χ0) is 13.0. The molecule has 1 rings (SSSR count). The van der Waals surface area contributed by atoms with Crippen LogP contribution >= 0.6 is 0 Å². The number of rotatable bonds is 5. The van der Waals surface area contributed by atoms with E-state index in [1.165, 1.54) is 28.4 Å². The fraction of sp³-hybridized carbons (Fsp3) is 0.500. The van der Waals surface area contributed by atoms with Gasteiger partial charge in [-0.2, -0.15) is 0 Å². The van der Waals surface area contributed by atoms with Gasteiger partial charge in [-0.05, 0) is 6.92 Å². The van der Waals surface area contributed by atoms with Gasteiger partial charge in [-0.25, -0.2) is 0 Å². The molecule has 0 amide bonds. The Morgan fingerprint density at radius 3 is 1.53 bits per heavy atom. The Hall–Kier alpha value is -1.62. The summed E-state index contributed by atoms with van der Waals surface area (Å²) < 4.78 is 21.1. The minimum Gasteiger partial charge on any atom is -0.492 e. The molecule has 96 valence electrons. The van der Waals surface area contributed by atoms with Gasteiger partial charge in [0, 0.05) is 11.1 Å². The molecule has 0 radical (unpaired) electrons. The molecule has 0 saturated carbocycles. The molecule has 0 spiro atoms. The Morgan fingerprint density at radius 1 is 0.765 bits per heavy atom. The summed E-state index contributed by atoms with van der Waals surface area (Å²) in [6, 6.07) is 0. The third-order valence-corrected chi connectivity index (χ3v) is 2.66. The van der Waals surface area contributed by atoms with Crippen LogP contribution in [-0.2, 0) is 6.61 Å². The third-order valence-electron chi connectivity index (χ3n) is 2.66. The molecule has 0 saturated heterocycles. The molecular formula is C12H18O5. The van der Waals surface area contributed by atoms with Crippen LogP contribution < -0.4 is 18.9 Å². The van der Waals surface area contributed by atoms with Crippen LogP contribution in [0.2, 0.25) is 0 Å². The molecule has 1 aromatic rings. The van der Waals surface area contributed by atoms with Gasteiger partial charge in [-0.15, -0.1) is 0 Å². The number of aliphatic hydroxyl groups is 1. The summed E-state index contributed by atoms with van der Waals surface area (Å²) >= 11 is 0. The lowest BCUT2D eigenvalue weighted by atomic mass is 10.0. The molecule has 17 heavy (non-hydrogen) atoms. The highest BCUT2D eigenvalue weighted by molar-refractivity contribution is 5.66. The minimum atomic E-state index is -0.161. The lowest BCUT2D eigenvalue weighted by molar-refractivity contribution is 0.261. The molecule has 0 bridgehead atoms. The number of aliphatic hydroxyl groups excluding tert-OH is 1. The van der Waals surface area contributed by atoms with Crippen LogP contribution in [0.5, 0.6) is 23.0 Å². The number of benzene rings is 1. The normalized spacial score (nSPS) is 10.0. The lowest BCUT2D eigenvalue weighted by Gasteiger charge is -2.20. The zero-order valence-electron chi connectivity index (χ0n) is 10.8. The molecule has 0 aliphatic heterocycles. The van der Waals surface area contributed by atoms with Crippen molar-refractivity contribution in [3.05, 3.63) is 11.1 Å². The Kier molecular flexibility index (Phi) is 4.45. The van der Waals surface area contributed by atoms with Crippen molar-refractivity contribution < 1.29 is 24.1 Å². The number of ether oxygens (including phenoxy) is 4. The van der Waals surface area contributed by atoms with Crippen molar-refractivity contribution in [2.24, 2.45) is 0 Å². The maximum Gasteiger partial charge on any atom is 0.207 e. The maximum atomic E-state index is 9.40. The Morgan fingerprint density at radius 2 is 1.18 bits per heavy atom. The van der Waals surface area contributed by atoms with Crippen LogP contribution in [0.3, 0.4) is 0 Å². The highest BCUT2D eigenvalue weighted by atomic mass is 16.5. The van der Waals surface area contributed by atoms with Gasteiger partial charge in [0.25, 0.3) is 0 Å². The largest absolute Gasteiger partial charge is 0.492 e. The summed E-state index contributed by atoms with van der Waals surface area (Å²) in [7, 11) is 6.09. The molecule has 0 fully saturated rings. The van der Waals surface area contributed by atoms with Gasteiger partial charge in [-0.1, -0.05) is 0 Å². The standard InChI is InChI=1S/C12H18O5/c1-7-8(6-13)10(15-3)12(17-5)11(16-4)9(7)14-2/h13H,6H2,1-5H3. The van der Waals surface area contributed by atoms with Crippen molar-refractivity contribution in [2.45, 2.75) is 13.5 Å². The first-order valence-corrected chi connectivity index (χ1v) is 5.12. The van der Waals surface area contributed by atoms with E-state index in [0.29, 0.717) is 28.6 Å². The van der Waals surface area contributed by atoms with Crippen LogP contribution in [0.4, 0.5) is 0 Å². The molecule has 0 aromatic heterocycles. The second-order valence-corrected chi connectivity index (χ2v) is 3.39. The van der Waals surface area contributed by atoms with Crippen molar-refractivity contribution in [1.82, 2.24) is 0 Å². The van der Waals surface area contributed by atoms with Gasteiger partial charge in [0.15, 0.2) is 11.5 Å². The third kappa shape index (κ3) is 2.10. The Bertz CT molecular complexity index is 367. The van der Waals surface area contributed by atoms with Gasteiger partial charge in [0.1, 0.15) is 0 Å². The fourth-order valence-corrected chi connectivity index (χ4v) is 1.84. The first kappa shape index (κ1) is 13.4. The molecule has 1 aromatic carbocycles. The van der Waals surface area contributed by atoms with Crippen molar-refractivity contribution in [2.75, 3.05) is 28.4 Å². The summed E-state index contributed by atoms with van der Waals surface area (Å²) in [5.41, 5.74) is 1.39.